The van der Waals surface area contributed by atoms with Gasteiger partial charge in [0.15, 0.2) is 0 Å². The van der Waals surface area contributed by atoms with Crippen LogP contribution < -0.4 is 4.74 Å². The number of halogens is 2. The Hall–Kier alpha value is -2.30. The second-order valence-corrected chi connectivity index (χ2v) is 7.62. The smallest absolute Gasteiger partial charge is 0.223 e. The maximum atomic E-state index is 13.2. The first-order valence-corrected chi connectivity index (χ1v) is 9.76. The summed E-state index contributed by atoms with van der Waals surface area (Å²) in [6, 6.07) is 11.6. The van der Waals surface area contributed by atoms with Crippen molar-refractivity contribution in [2.24, 2.45) is 7.05 Å². The summed E-state index contributed by atoms with van der Waals surface area (Å²) in [4.78, 5) is 13.2. The van der Waals surface area contributed by atoms with Gasteiger partial charge in [-0.2, -0.15) is 5.10 Å². The van der Waals surface area contributed by atoms with Crippen LogP contribution in [0.1, 0.15) is 38.3 Å². The molecule has 0 radical (unpaired) electrons. The third-order valence-corrected chi connectivity index (χ3v) is 5.61. The summed E-state index contributed by atoms with van der Waals surface area (Å²) in [6.45, 7) is 6.07. The fourth-order valence-electron chi connectivity index (χ4n) is 3.06. The number of rotatable bonds is 6. The number of carbonyl (C=O) groups excluding carboxylic acids is 1. The number of hydrogen-bond donors (Lipinski definition) is 0. The van der Waals surface area contributed by atoms with E-state index in [9.17, 15) is 4.79 Å². The summed E-state index contributed by atoms with van der Waals surface area (Å²) in [5, 5.41) is 5.25. The topological polar surface area (TPSA) is 44.1 Å². The zero-order valence-corrected chi connectivity index (χ0v) is 17.9. The molecule has 0 atom stereocenters. The van der Waals surface area contributed by atoms with Gasteiger partial charge in [-0.25, -0.2) is 4.68 Å². The van der Waals surface area contributed by atoms with Gasteiger partial charge in [-0.1, -0.05) is 53.0 Å². The first kappa shape index (κ1) is 20.4. The van der Waals surface area contributed by atoms with Crippen LogP contribution in [0.3, 0.4) is 0 Å². The molecular weight excluding hydrogens is 395 g/mol. The summed E-state index contributed by atoms with van der Waals surface area (Å²) in [5.74, 6) is 0.221. The van der Waals surface area contributed by atoms with Crippen LogP contribution in [-0.2, 0) is 13.5 Å². The van der Waals surface area contributed by atoms with Crippen molar-refractivity contribution in [3.63, 3.8) is 0 Å². The van der Waals surface area contributed by atoms with Crippen LogP contribution in [0.4, 0.5) is 0 Å². The summed E-state index contributed by atoms with van der Waals surface area (Å²) < 4.78 is 7.56. The zero-order chi connectivity index (χ0) is 20.4. The fourth-order valence-corrected chi connectivity index (χ4v) is 3.51. The SMILES string of the molecule is Cc1ccc(CCOc2c(C(=O)c3ccc(Cl)c(C)c3Cl)c(C)nn2C)cc1. The third-order valence-electron chi connectivity index (χ3n) is 4.71. The van der Waals surface area contributed by atoms with Gasteiger partial charge in [0.05, 0.1) is 17.3 Å². The Kier molecular flexibility index (Phi) is 6.11. The Morgan fingerprint density at radius 2 is 1.75 bits per heavy atom. The molecule has 0 fully saturated rings. The van der Waals surface area contributed by atoms with E-state index in [-0.39, 0.29) is 5.78 Å². The predicted octanol–water partition coefficient (Wildman–Crippen LogP) is 5.50. The normalized spacial score (nSPS) is 10.9. The van der Waals surface area contributed by atoms with Gasteiger partial charge in [0.2, 0.25) is 11.7 Å². The number of ether oxygens (including phenoxy) is 1. The average Bonchev–Trinajstić information content (AvgIpc) is 2.94. The lowest BCUT2D eigenvalue weighted by Gasteiger charge is -2.11. The van der Waals surface area contributed by atoms with E-state index < -0.39 is 0 Å². The molecule has 0 saturated carbocycles. The van der Waals surface area contributed by atoms with Gasteiger partial charge in [-0.05, 0) is 44.0 Å². The standard InChI is InChI=1S/C22H22Cl2N2O2/c1-13-5-7-16(8-6-13)11-12-28-22-19(15(3)25-26(22)4)21(27)17-9-10-18(23)14(2)20(17)24/h5-10H,11-12H2,1-4H3. The zero-order valence-electron chi connectivity index (χ0n) is 16.3. The molecule has 2 aromatic carbocycles. The molecule has 0 aliphatic rings. The molecule has 0 bridgehead atoms. The van der Waals surface area contributed by atoms with E-state index in [2.05, 4.69) is 36.3 Å². The number of aromatic nitrogens is 2. The quantitative estimate of drug-likeness (QED) is 0.497. The van der Waals surface area contributed by atoms with Crippen molar-refractivity contribution in [1.82, 2.24) is 9.78 Å². The minimum atomic E-state index is -0.222. The van der Waals surface area contributed by atoms with Gasteiger partial charge in [-0.15, -0.1) is 0 Å². The van der Waals surface area contributed by atoms with Crippen LogP contribution in [0.25, 0.3) is 0 Å². The first-order chi connectivity index (χ1) is 13.3. The van der Waals surface area contributed by atoms with Crippen molar-refractivity contribution < 1.29 is 9.53 Å². The molecule has 0 aliphatic heterocycles. The van der Waals surface area contributed by atoms with Crippen molar-refractivity contribution in [3.8, 4) is 5.88 Å². The van der Waals surface area contributed by atoms with Gasteiger partial charge in [0, 0.05) is 24.1 Å². The van der Waals surface area contributed by atoms with Crippen molar-refractivity contribution in [2.45, 2.75) is 27.2 Å². The van der Waals surface area contributed by atoms with Crippen LogP contribution in [0.2, 0.25) is 10.0 Å². The molecule has 1 aromatic heterocycles. The van der Waals surface area contributed by atoms with E-state index in [1.807, 2.05) is 0 Å². The van der Waals surface area contributed by atoms with Gasteiger partial charge in [0.25, 0.3) is 0 Å². The minimum Gasteiger partial charge on any atom is -0.477 e. The second-order valence-electron chi connectivity index (χ2n) is 6.84. The van der Waals surface area contributed by atoms with E-state index >= 15 is 0 Å². The Morgan fingerprint density at radius 3 is 2.43 bits per heavy atom. The molecule has 0 N–H and O–H groups in total. The number of ketones is 1. The predicted molar refractivity (Wildman–Crippen MR) is 113 cm³/mol. The summed E-state index contributed by atoms with van der Waals surface area (Å²) in [5.41, 5.74) is 4.49. The molecule has 6 heteroatoms. The van der Waals surface area contributed by atoms with Crippen molar-refractivity contribution in [3.05, 3.63) is 80.0 Å². The highest BCUT2D eigenvalue weighted by molar-refractivity contribution is 6.38. The lowest BCUT2D eigenvalue weighted by atomic mass is 10.0. The maximum Gasteiger partial charge on any atom is 0.223 e. The molecule has 0 spiro atoms. The monoisotopic (exact) mass is 416 g/mol. The highest BCUT2D eigenvalue weighted by Crippen LogP contribution is 2.32. The number of aryl methyl sites for hydroxylation is 3. The Morgan fingerprint density at radius 1 is 1.07 bits per heavy atom. The van der Waals surface area contributed by atoms with Crippen molar-refractivity contribution in [2.75, 3.05) is 6.61 Å². The first-order valence-electron chi connectivity index (χ1n) is 9.00. The van der Waals surface area contributed by atoms with Crippen molar-refractivity contribution >= 4 is 29.0 Å². The van der Waals surface area contributed by atoms with E-state index in [1.54, 1.807) is 37.7 Å². The highest BCUT2D eigenvalue weighted by Gasteiger charge is 2.25. The number of hydrogen-bond acceptors (Lipinski definition) is 3. The van der Waals surface area contributed by atoms with Crippen LogP contribution >= 0.6 is 23.2 Å². The van der Waals surface area contributed by atoms with Gasteiger partial charge < -0.3 is 4.74 Å². The maximum absolute atomic E-state index is 13.2. The molecule has 0 amide bonds. The number of nitrogens with zero attached hydrogens (tertiary/aromatic N) is 2. The Labute approximate surface area is 175 Å². The Balaban J connectivity index is 1.85. The van der Waals surface area contributed by atoms with Crippen LogP contribution in [0.15, 0.2) is 36.4 Å². The van der Waals surface area contributed by atoms with E-state index in [0.29, 0.717) is 44.9 Å². The molecule has 28 heavy (non-hydrogen) atoms. The molecular formula is C22H22Cl2N2O2. The Bertz CT molecular complexity index is 1020. The molecule has 4 nitrogen and oxygen atoms in total. The molecule has 146 valence electrons. The molecule has 1 heterocycles. The third kappa shape index (κ3) is 4.08. The summed E-state index contributed by atoms with van der Waals surface area (Å²) in [7, 11) is 1.76. The average molecular weight is 417 g/mol. The lowest BCUT2D eigenvalue weighted by molar-refractivity contribution is 0.103. The molecule has 0 saturated heterocycles. The van der Waals surface area contributed by atoms with Crippen molar-refractivity contribution in [1.29, 1.82) is 0 Å². The minimum absolute atomic E-state index is 0.222. The second kappa shape index (κ2) is 8.38. The molecule has 0 unspecified atom stereocenters. The summed E-state index contributed by atoms with van der Waals surface area (Å²) >= 11 is 12.5. The van der Waals surface area contributed by atoms with Crippen LogP contribution in [0, 0.1) is 20.8 Å². The molecule has 3 aromatic rings. The van der Waals surface area contributed by atoms with Gasteiger partial charge in [-0.3, -0.25) is 4.79 Å². The van der Waals surface area contributed by atoms with Crippen LogP contribution in [0.5, 0.6) is 5.88 Å². The number of carbonyl (C=O) groups is 1. The summed E-state index contributed by atoms with van der Waals surface area (Å²) in [6.07, 6.45) is 0.735. The lowest BCUT2D eigenvalue weighted by Crippen LogP contribution is -2.10. The van der Waals surface area contributed by atoms with E-state index in [0.717, 1.165) is 6.42 Å². The fraction of sp³-hybridized carbons (Fsp3) is 0.273. The van der Waals surface area contributed by atoms with E-state index in [1.165, 1.54) is 11.1 Å². The van der Waals surface area contributed by atoms with E-state index in [4.69, 9.17) is 27.9 Å². The number of benzene rings is 2. The molecule has 0 aliphatic carbocycles. The van der Waals surface area contributed by atoms with Crippen LogP contribution in [-0.4, -0.2) is 22.2 Å². The largest absolute Gasteiger partial charge is 0.477 e. The van der Waals surface area contributed by atoms with Gasteiger partial charge in [0.1, 0.15) is 5.56 Å². The highest BCUT2D eigenvalue weighted by atomic mass is 35.5. The van der Waals surface area contributed by atoms with Gasteiger partial charge >= 0.3 is 0 Å². The molecule has 3 rings (SSSR count).